The molecule has 0 amide bonds. The van der Waals surface area contributed by atoms with Gasteiger partial charge in [-0.25, -0.2) is 15.8 Å². The van der Waals surface area contributed by atoms with Crippen molar-refractivity contribution in [2.24, 2.45) is 5.84 Å². The van der Waals surface area contributed by atoms with Crippen LogP contribution in [0.1, 0.15) is 39.7 Å². The fraction of sp³-hybridized carbons (Fsp3) is 0.429. The molecule has 0 radical (unpaired) electrons. The van der Waals surface area contributed by atoms with E-state index in [1.54, 1.807) is 0 Å². The summed E-state index contributed by atoms with van der Waals surface area (Å²) in [5.41, 5.74) is 4.85. The average molecular weight is 291 g/mol. The molecule has 2 aromatic rings. The zero-order valence-corrected chi connectivity index (χ0v) is 13.4. The number of nitrogens with zero attached hydrogens (tertiary/aromatic N) is 2. The van der Waals surface area contributed by atoms with E-state index in [9.17, 15) is 0 Å². The van der Waals surface area contributed by atoms with Gasteiger partial charge in [0, 0.05) is 15.3 Å². The molecule has 2 rings (SSSR count). The smallest absolute Gasteiger partial charge is 0.148 e. The van der Waals surface area contributed by atoms with E-state index < -0.39 is 0 Å². The number of aryl methyl sites for hydroxylation is 3. The van der Waals surface area contributed by atoms with Crippen molar-refractivity contribution in [2.45, 2.75) is 40.7 Å². The van der Waals surface area contributed by atoms with Gasteiger partial charge in [-0.05, 0) is 46.2 Å². The lowest BCUT2D eigenvalue weighted by molar-refractivity contribution is 0.860. The van der Waals surface area contributed by atoms with E-state index in [1.807, 2.05) is 25.2 Å². The first-order valence-electron chi connectivity index (χ1n) is 6.57. The summed E-state index contributed by atoms with van der Waals surface area (Å²) in [4.78, 5) is 11.4. The lowest BCUT2D eigenvalue weighted by Gasteiger charge is -2.18. The van der Waals surface area contributed by atoms with Gasteiger partial charge in [0.15, 0.2) is 0 Å². The van der Waals surface area contributed by atoms with Crippen LogP contribution >= 0.6 is 11.3 Å². The SMILES string of the molecule is Cc1nc(NN)c(C)c(NC(C)c2cc(C)sc2C)n1. The Labute approximate surface area is 123 Å². The van der Waals surface area contributed by atoms with Crippen LogP contribution in [-0.4, -0.2) is 9.97 Å². The number of thiophene rings is 1. The highest BCUT2D eigenvalue weighted by atomic mass is 32.1. The predicted molar refractivity (Wildman–Crippen MR) is 85.1 cm³/mol. The second kappa shape index (κ2) is 5.76. The van der Waals surface area contributed by atoms with Gasteiger partial charge in [-0.2, -0.15) is 0 Å². The zero-order chi connectivity index (χ0) is 14.9. The summed E-state index contributed by atoms with van der Waals surface area (Å²) in [5.74, 6) is 7.66. The van der Waals surface area contributed by atoms with Crippen LogP contribution in [0.2, 0.25) is 0 Å². The molecule has 4 N–H and O–H groups in total. The molecule has 0 saturated carbocycles. The first-order valence-corrected chi connectivity index (χ1v) is 7.39. The summed E-state index contributed by atoms with van der Waals surface area (Å²) >= 11 is 1.82. The Kier molecular flexibility index (Phi) is 4.25. The molecule has 5 nitrogen and oxygen atoms in total. The maximum atomic E-state index is 5.49. The fourth-order valence-electron chi connectivity index (χ4n) is 2.27. The van der Waals surface area contributed by atoms with Gasteiger partial charge in [-0.3, -0.25) is 0 Å². The van der Waals surface area contributed by atoms with Crippen molar-refractivity contribution in [1.82, 2.24) is 9.97 Å². The molecule has 1 unspecified atom stereocenters. The van der Waals surface area contributed by atoms with Gasteiger partial charge in [-0.1, -0.05) is 0 Å². The number of hydrogen-bond donors (Lipinski definition) is 3. The molecule has 6 heteroatoms. The van der Waals surface area contributed by atoms with Crippen LogP contribution in [0.25, 0.3) is 0 Å². The van der Waals surface area contributed by atoms with Crippen molar-refractivity contribution >= 4 is 23.0 Å². The minimum absolute atomic E-state index is 0.193. The molecular weight excluding hydrogens is 270 g/mol. The van der Waals surface area contributed by atoms with Crippen LogP contribution in [0, 0.1) is 27.7 Å². The summed E-state index contributed by atoms with van der Waals surface area (Å²) < 4.78 is 0. The molecule has 108 valence electrons. The molecule has 0 aliphatic rings. The molecule has 20 heavy (non-hydrogen) atoms. The molecule has 0 spiro atoms. The Bertz CT molecular complexity index is 620. The third-order valence-electron chi connectivity index (χ3n) is 3.29. The van der Waals surface area contributed by atoms with E-state index in [0.717, 1.165) is 11.4 Å². The Morgan fingerprint density at radius 1 is 1.15 bits per heavy atom. The molecule has 1 atom stereocenters. The lowest BCUT2D eigenvalue weighted by Crippen LogP contribution is -2.15. The van der Waals surface area contributed by atoms with E-state index >= 15 is 0 Å². The van der Waals surface area contributed by atoms with Crippen molar-refractivity contribution in [3.8, 4) is 0 Å². The summed E-state index contributed by atoms with van der Waals surface area (Å²) in [6.07, 6.45) is 0. The molecule has 0 bridgehead atoms. The number of nitrogen functional groups attached to an aromatic ring is 1. The van der Waals surface area contributed by atoms with Crippen LogP contribution in [0.4, 0.5) is 11.6 Å². The normalized spacial score (nSPS) is 12.3. The topological polar surface area (TPSA) is 75.9 Å². The molecule has 2 aromatic heterocycles. The molecule has 0 aromatic carbocycles. The fourth-order valence-corrected chi connectivity index (χ4v) is 3.30. The molecule has 0 aliphatic heterocycles. The lowest BCUT2D eigenvalue weighted by atomic mass is 10.1. The highest BCUT2D eigenvalue weighted by Gasteiger charge is 2.15. The Morgan fingerprint density at radius 3 is 2.35 bits per heavy atom. The maximum absolute atomic E-state index is 5.49. The largest absolute Gasteiger partial charge is 0.363 e. The third kappa shape index (κ3) is 2.91. The Hall–Kier alpha value is -1.66. The van der Waals surface area contributed by atoms with Crippen LogP contribution < -0.4 is 16.6 Å². The molecule has 2 heterocycles. The van der Waals surface area contributed by atoms with E-state index in [-0.39, 0.29) is 6.04 Å². The summed E-state index contributed by atoms with van der Waals surface area (Å²) in [7, 11) is 0. The van der Waals surface area contributed by atoms with Crippen molar-refractivity contribution in [3.63, 3.8) is 0 Å². The summed E-state index contributed by atoms with van der Waals surface area (Å²) in [6.45, 7) is 10.2. The van der Waals surface area contributed by atoms with Gasteiger partial charge in [0.1, 0.15) is 17.5 Å². The number of hydrazine groups is 1. The summed E-state index contributed by atoms with van der Waals surface area (Å²) in [6, 6.07) is 2.42. The minimum Gasteiger partial charge on any atom is -0.363 e. The predicted octanol–water partition coefficient (Wildman–Crippen LogP) is 3.23. The van der Waals surface area contributed by atoms with Crippen molar-refractivity contribution in [3.05, 3.63) is 32.8 Å². The van der Waals surface area contributed by atoms with Crippen molar-refractivity contribution < 1.29 is 0 Å². The first kappa shape index (κ1) is 14.7. The van der Waals surface area contributed by atoms with E-state index in [4.69, 9.17) is 5.84 Å². The van der Waals surface area contributed by atoms with Gasteiger partial charge < -0.3 is 10.7 Å². The van der Waals surface area contributed by atoms with E-state index in [0.29, 0.717) is 11.6 Å². The van der Waals surface area contributed by atoms with Crippen LogP contribution in [-0.2, 0) is 0 Å². The van der Waals surface area contributed by atoms with Gasteiger partial charge in [0.2, 0.25) is 0 Å². The molecule has 0 saturated heterocycles. The second-order valence-corrected chi connectivity index (χ2v) is 6.43. The highest BCUT2D eigenvalue weighted by molar-refractivity contribution is 7.12. The van der Waals surface area contributed by atoms with Gasteiger partial charge in [0.25, 0.3) is 0 Å². The Balaban J connectivity index is 2.30. The van der Waals surface area contributed by atoms with Crippen molar-refractivity contribution in [1.29, 1.82) is 0 Å². The maximum Gasteiger partial charge on any atom is 0.148 e. The third-order valence-corrected chi connectivity index (χ3v) is 4.28. The van der Waals surface area contributed by atoms with Crippen LogP contribution in [0.5, 0.6) is 0 Å². The second-order valence-electron chi connectivity index (χ2n) is 4.97. The summed E-state index contributed by atoms with van der Waals surface area (Å²) in [5, 5.41) is 3.46. The number of rotatable bonds is 4. The van der Waals surface area contributed by atoms with Gasteiger partial charge in [0.05, 0.1) is 6.04 Å². The van der Waals surface area contributed by atoms with E-state index in [2.05, 4.69) is 47.5 Å². The standard InChI is InChI=1S/C14H21N5S/c1-7-6-12(10(4)20-7)9(3)16-13-8(2)14(19-15)18-11(5)17-13/h6,9H,15H2,1-5H3,(H2,16,17,18,19). The molecule has 0 aliphatic carbocycles. The number of aromatic nitrogens is 2. The number of nitrogens with one attached hydrogen (secondary N) is 2. The number of anilines is 2. The zero-order valence-electron chi connectivity index (χ0n) is 12.5. The van der Waals surface area contributed by atoms with E-state index in [1.165, 1.54) is 15.3 Å². The van der Waals surface area contributed by atoms with Crippen molar-refractivity contribution in [2.75, 3.05) is 10.7 Å². The molecule has 0 fully saturated rings. The average Bonchev–Trinajstić information content (AvgIpc) is 2.72. The van der Waals surface area contributed by atoms with Crippen LogP contribution in [0.3, 0.4) is 0 Å². The highest BCUT2D eigenvalue weighted by Crippen LogP contribution is 2.29. The monoisotopic (exact) mass is 291 g/mol. The van der Waals surface area contributed by atoms with Crippen LogP contribution in [0.15, 0.2) is 6.07 Å². The number of nitrogens with two attached hydrogens (primary N) is 1. The first-order chi connectivity index (χ1) is 9.42. The quantitative estimate of drug-likeness (QED) is 0.595. The van der Waals surface area contributed by atoms with Gasteiger partial charge >= 0.3 is 0 Å². The Morgan fingerprint density at radius 2 is 1.80 bits per heavy atom. The minimum atomic E-state index is 0.193. The number of hydrogen-bond acceptors (Lipinski definition) is 6. The molecular formula is C14H21N5S. The van der Waals surface area contributed by atoms with Gasteiger partial charge in [-0.15, -0.1) is 11.3 Å².